The molecule has 0 aliphatic carbocycles. The van der Waals surface area contributed by atoms with Crippen molar-refractivity contribution in [2.24, 2.45) is 0 Å². The summed E-state index contributed by atoms with van der Waals surface area (Å²) in [5.41, 5.74) is 0.687. The monoisotopic (exact) mass is 340 g/mol. The number of halogens is 1. The summed E-state index contributed by atoms with van der Waals surface area (Å²) in [6.45, 7) is 2.19. The SMILES string of the molecule is CCCCCCC#CC(=O)c1ccc(I)cc1. The van der Waals surface area contributed by atoms with Gasteiger partial charge in [-0.25, -0.2) is 0 Å². The van der Waals surface area contributed by atoms with E-state index in [0.717, 1.165) is 16.4 Å². The summed E-state index contributed by atoms with van der Waals surface area (Å²) >= 11 is 2.22. The average Bonchev–Trinajstić information content (AvgIpc) is 2.34. The molecule has 0 aliphatic rings. The molecule has 0 saturated heterocycles. The van der Waals surface area contributed by atoms with E-state index in [1.165, 1.54) is 19.3 Å². The van der Waals surface area contributed by atoms with Crippen LogP contribution in [0.25, 0.3) is 0 Å². The Hall–Kier alpha value is -0.820. The molecule has 2 heteroatoms. The zero-order chi connectivity index (χ0) is 12.5. The Balaban J connectivity index is 2.39. The number of benzene rings is 1. The van der Waals surface area contributed by atoms with E-state index in [9.17, 15) is 4.79 Å². The lowest BCUT2D eigenvalue weighted by Crippen LogP contribution is -1.94. The lowest BCUT2D eigenvalue weighted by Gasteiger charge is -1.94. The minimum atomic E-state index is -0.0723. The van der Waals surface area contributed by atoms with Crippen LogP contribution in [0, 0.1) is 15.4 Å². The lowest BCUT2D eigenvalue weighted by atomic mass is 10.1. The second-order valence-electron chi connectivity index (χ2n) is 3.95. The molecule has 0 bridgehead atoms. The van der Waals surface area contributed by atoms with Gasteiger partial charge in [0, 0.05) is 15.6 Å². The van der Waals surface area contributed by atoms with Gasteiger partial charge in [0.05, 0.1) is 0 Å². The van der Waals surface area contributed by atoms with Crippen molar-refractivity contribution in [1.82, 2.24) is 0 Å². The molecule has 0 radical (unpaired) electrons. The van der Waals surface area contributed by atoms with Crippen molar-refractivity contribution in [2.45, 2.75) is 39.0 Å². The standard InChI is InChI=1S/C15H17IO/c1-2-3-4-5-6-7-8-15(17)13-9-11-14(16)12-10-13/h9-12H,2-6H2,1H3. The highest BCUT2D eigenvalue weighted by Crippen LogP contribution is 2.07. The van der Waals surface area contributed by atoms with Gasteiger partial charge in [-0.05, 0) is 59.2 Å². The van der Waals surface area contributed by atoms with Crippen LogP contribution in [0.1, 0.15) is 49.4 Å². The van der Waals surface area contributed by atoms with E-state index in [4.69, 9.17) is 0 Å². The molecule has 0 amide bonds. The molecule has 0 heterocycles. The topological polar surface area (TPSA) is 17.1 Å². The molecule has 0 saturated carbocycles. The van der Waals surface area contributed by atoms with Gasteiger partial charge in [0.15, 0.2) is 0 Å². The quantitative estimate of drug-likeness (QED) is 0.255. The van der Waals surface area contributed by atoms with Crippen molar-refractivity contribution >= 4 is 28.4 Å². The molecule has 1 aromatic carbocycles. The third kappa shape index (κ3) is 5.88. The summed E-state index contributed by atoms with van der Waals surface area (Å²) < 4.78 is 1.13. The maximum Gasteiger partial charge on any atom is 0.235 e. The van der Waals surface area contributed by atoms with Crippen molar-refractivity contribution in [3.63, 3.8) is 0 Å². The number of unbranched alkanes of at least 4 members (excludes halogenated alkanes) is 4. The molecule has 0 aliphatic heterocycles. The van der Waals surface area contributed by atoms with Crippen LogP contribution in [0.3, 0.4) is 0 Å². The normalized spacial score (nSPS) is 9.53. The van der Waals surface area contributed by atoms with Crippen LogP contribution in [0.5, 0.6) is 0 Å². The summed E-state index contributed by atoms with van der Waals surface area (Å²) in [6.07, 6.45) is 5.63. The van der Waals surface area contributed by atoms with Crippen molar-refractivity contribution in [3.05, 3.63) is 33.4 Å². The first-order valence-corrected chi connectivity index (χ1v) is 7.10. The summed E-state index contributed by atoms with van der Waals surface area (Å²) in [4.78, 5) is 11.7. The van der Waals surface area contributed by atoms with Gasteiger partial charge in [0.25, 0.3) is 0 Å². The summed E-state index contributed by atoms with van der Waals surface area (Å²) in [6, 6.07) is 7.51. The van der Waals surface area contributed by atoms with E-state index in [0.29, 0.717) is 5.56 Å². The second-order valence-corrected chi connectivity index (χ2v) is 5.19. The highest BCUT2D eigenvalue weighted by atomic mass is 127. The Morgan fingerprint density at radius 1 is 1.18 bits per heavy atom. The number of Topliss-reactive ketones (excluding diaryl/α,β-unsaturated/α-hetero) is 1. The maximum absolute atomic E-state index is 11.7. The summed E-state index contributed by atoms with van der Waals surface area (Å²) in [5, 5.41) is 0. The van der Waals surface area contributed by atoms with Crippen molar-refractivity contribution in [3.8, 4) is 11.8 Å². The first kappa shape index (κ1) is 14.2. The first-order valence-electron chi connectivity index (χ1n) is 6.03. The van der Waals surface area contributed by atoms with Crippen LogP contribution in [0.15, 0.2) is 24.3 Å². The van der Waals surface area contributed by atoms with Crippen molar-refractivity contribution < 1.29 is 4.79 Å². The lowest BCUT2D eigenvalue weighted by molar-refractivity contribution is 0.105. The number of hydrogen-bond acceptors (Lipinski definition) is 1. The van der Waals surface area contributed by atoms with E-state index < -0.39 is 0 Å². The third-order valence-corrected chi connectivity index (χ3v) is 3.18. The highest BCUT2D eigenvalue weighted by Gasteiger charge is 2.00. The Labute approximate surface area is 117 Å². The smallest absolute Gasteiger partial charge is 0.235 e. The van der Waals surface area contributed by atoms with E-state index in [-0.39, 0.29) is 5.78 Å². The fourth-order valence-electron chi connectivity index (χ4n) is 1.46. The van der Waals surface area contributed by atoms with E-state index in [1.807, 2.05) is 24.3 Å². The maximum atomic E-state index is 11.7. The first-order chi connectivity index (χ1) is 8.24. The highest BCUT2D eigenvalue weighted by molar-refractivity contribution is 14.1. The Kier molecular flexibility index (Phi) is 6.95. The van der Waals surface area contributed by atoms with Crippen LogP contribution in [-0.2, 0) is 0 Å². The van der Waals surface area contributed by atoms with Gasteiger partial charge in [-0.15, -0.1) is 0 Å². The molecule has 0 aromatic heterocycles. The van der Waals surface area contributed by atoms with Gasteiger partial charge in [0.2, 0.25) is 5.78 Å². The molecule has 17 heavy (non-hydrogen) atoms. The van der Waals surface area contributed by atoms with Gasteiger partial charge >= 0.3 is 0 Å². The molecule has 0 N–H and O–H groups in total. The van der Waals surface area contributed by atoms with E-state index in [2.05, 4.69) is 41.4 Å². The van der Waals surface area contributed by atoms with E-state index >= 15 is 0 Å². The average molecular weight is 340 g/mol. The molecule has 0 atom stereocenters. The Morgan fingerprint density at radius 2 is 1.88 bits per heavy atom. The van der Waals surface area contributed by atoms with Gasteiger partial charge in [-0.2, -0.15) is 0 Å². The zero-order valence-corrected chi connectivity index (χ0v) is 12.3. The largest absolute Gasteiger partial charge is 0.279 e. The number of ketones is 1. The summed E-state index contributed by atoms with van der Waals surface area (Å²) in [7, 11) is 0. The minimum absolute atomic E-state index is 0.0723. The van der Waals surface area contributed by atoms with Crippen LogP contribution < -0.4 is 0 Å². The fourth-order valence-corrected chi connectivity index (χ4v) is 1.82. The third-order valence-electron chi connectivity index (χ3n) is 2.46. The molecular weight excluding hydrogens is 323 g/mol. The predicted molar refractivity (Wildman–Crippen MR) is 80.0 cm³/mol. The molecular formula is C15H17IO. The number of carbonyl (C=O) groups excluding carboxylic acids is 1. The van der Waals surface area contributed by atoms with Crippen molar-refractivity contribution in [1.29, 1.82) is 0 Å². The second kappa shape index (κ2) is 8.30. The number of carbonyl (C=O) groups is 1. The van der Waals surface area contributed by atoms with Crippen LogP contribution in [-0.4, -0.2) is 5.78 Å². The molecule has 0 unspecified atom stereocenters. The zero-order valence-electron chi connectivity index (χ0n) is 10.1. The molecule has 1 aromatic rings. The fraction of sp³-hybridized carbons (Fsp3) is 0.400. The van der Waals surface area contributed by atoms with Gasteiger partial charge in [0.1, 0.15) is 0 Å². The van der Waals surface area contributed by atoms with E-state index in [1.54, 1.807) is 0 Å². The molecule has 1 rings (SSSR count). The van der Waals surface area contributed by atoms with Crippen LogP contribution in [0.4, 0.5) is 0 Å². The number of hydrogen-bond donors (Lipinski definition) is 0. The molecule has 0 spiro atoms. The van der Waals surface area contributed by atoms with Gasteiger partial charge in [-0.3, -0.25) is 4.79 Å². The van der Waals surface area contributed by atoms with Crippen LogP contribution >= 0.6 is 22.6 Å². The Morgan fingerprint density at radius 3 is 2.53 bits per heavy atom. The minimum Gasteiger partial charge on any atom is -0.279 e. The molecule has 0 fully saturated rings. The molecule has 1 nitrogen and oxygen atoms in total. The van der Waals surface area contributed by atoms with Crippen LogP contribution in [0.2, 0.25) is 0 Å². The predicted octanol–water partition coefficient (Wildman–Crippen LogP) is 4.45. The number of rotatable bonds is 5. The summed E-state index contributed by atoms with van der Waals surface area (Å²) in [5.74, 6) is 5.59. The Bertz CT molecular complexity index is 409. The van der Waals surface area contributed by atoms with Gasteiger partial charge in [-0.1, -0.05) is 32.1 Å². The van der Waals surface area contributed by atoms with Crippen molar-refractivity contribution in [2.75, 3.05) is 0 Å². The van der Waals surface area contributed by atoms with Gasteiger partial charge < -0.3 is 0 Å². The molecule has 90 valence electrons.